The Morgan fingerprint density at radius 3 is 2.57 bits per heavy atom. The molecule has 0 amide bonds. The number of aromatic nitrogens is 3. The summed E-state index contributed by atoms with van der Waals surface area (Å²) in [6, 6.07) is 11.9. The lowest BCUT2D eigenvalue weighted by Gasteiger charge is -2.09. The van der Waals surface area contributed by atoms with Crippen molar-refractivity contribution in [3.63, 3.8) is 0 Å². The van der Waals surface area contributed by atoms with Crippen LogP contribution in [0.25, 0.3) is 0 Å². The molecule has 2 aromatic carbocycles. The molecule has 7 heteroatoms. The van der Waals surface area contributed by atoms with Gasteiger partial charge in [-0.25, -0.2) is 4.39 Å². The maximum Gasteiger partial charge on any atom is 0.249 e. The van der Waals surface area contributed by atoms with Crippen LogP contribution in [0.2, 0.25) is 0 Å². The number of halogens is 2. The number of anilines is 4. The molecule has 5 nitrogen and oxygen atoms in total. The maximum atomic E-state index is 12.9. The topological polar surface area (TPSA) is 62.7 Å². The summed E-state index contributed by atoms with van der Waals surface area (Å²) in [4.78, 5) is 4.34. The van der Waals surface area contributed by atoms with Gasteiger partial charge in [-0.15, -0.1) is 5.10 Å². The zero-order valence-electron chi connectivity index (χ0n) is 12.2. The lowest BCUT2D eigenvalue weighted by atomic mass is 10.2. The fourth-order valence-corrected chi connectivity index (χ4v) is 2.53. The molecule has 0 aliphatic carbocycles. The van der Waals surface area contributed by atoms with E-state index in [1.165, 1.54) is 18.3 Å². The molecule has 0 fully saturated rings. The van der Waals surface area contributed by atoms with Gasteiger partial charge in [0.1, 0.15) is 5.82 Å². The first-order valence-electron chi connectivity index (χ1n) is 6.86. The van der Waals surface area contributed by atoms with Gasteiger partial charge in [-0.05, 0) is 64.8 Å². The third-order valence-electron chi connectivity index (χ3n) is 3.05. The predicted octanol–water partition coefficient (Wildman–Crippen LogP) is 4.57. The highest BCUT2D eigenvalue weighted by atomic mass is 79.9. The van der Waals surface area contributed by atoms with E-state index in [2.05, 4.69) is 41.7 Å². The number of hydrogen-bond donors (Lipinski definition) is 2. The average Bonchev–Trinajstić information content (AvgIpc) is 2.53. The first-order chi connectivity index (χ1) is 11.1. The highest BCUT2D eigenvalue weighted by molar-refractivity contribution is 9.10. The molecule has 0 spiro atoms. The van der Waals surface area contributed by atoms with Crippen LogP contribution in [0.4, 0.5) is 27.5 Å². The second-order valence-electron chi connectivity index (χ2n) is 4.91. The van der Waals surface area contributed by atoms with Gasteiger partial charge in [0.2, 0.25) is 5.95 Å². The number of aryl methyl sites for hydroxylation is 1. The molecule has 0 unspecified atom stereocenters. The van der Waals surface area contributed by atoms with Crippen molar-refractivity contribution in [2.24, 2.45) is 0 Å². The van der Waals surface area contributed by atoms with Gasteiger partial charge in [-0.2, -0.15) is 10.1 Å². The van der Waals surface area contributed by atoms with Crippen LogP contribution in [0.15, 0.2) is 53.1 Å². The summed E-state index contributed by atoms with van der Waals surface area (Å²) in [5, 5.41) is 14.0. The Labute approximate surface area is 141 Å². The van der Waals surface area contributed by atoms with Crippen LogP contribution in [-0.2, 0) is 0 Å². The van der Waals surface area contributed by atoms with E-state index in [9.17, 15) is 4.39 Å². The highest BCUT2D eigenvalue weighted by Crippen LogP contribution is 2.26. The summed E-state index contributed by atoms with van der Waals surface area (Å²) in [7, 11) is 0. The largest absolute Gasteiger partial charge is 0.338 e. The second kappa shape index (κ2) is 6.70. The van der Waals surface area contributed by atoms with Crippen LogP contribution in [0, 0.1) is 12.7 Å². The van der Waals surface area contributed by atoms with E-state index < -0.39 is 0 Å². The van der Waals surface area contributed by atoms with Gasteiger partial charge < -0.3 is 10.6 Å². The predicted molar refractivity (Wildman–Crippen MR) is 91.7 cm³/mol. The molecule has 0 atom stereocenters. The second-order valence-corrected chi connectivity index (χ2v) is 5.76. The van der Waals surface area contributed by atoms with Crippen molar-refractivity contribution in [2.75, 3.05) is 10.6 Å². The maximum absolute atomic E-state index is 12.9. The van der Waals surface area contributed by atoms with Crippen molar-refractivity contribution in [1.82, 2.24) is 15.2 Å². The lowest BCUT2D eigenvalue weighted by Crippen LogP contribution is -2.02. The minimum absolute atomic E-state index is 0.297. The van der Waals surface area contributed by atoms with Crippen LogP contribution in [0.3, 0.4) is 0 Å². The van der Waals surface area contributed by atoms with Crippen molar-refractivity contribution in [3.8, 4) is 0 Å². The first kappa shape index (κ1) is 15.4. The molecular weight excluding hydrogens is 361 g/mol. The van der Waals surface area contributed by atoms with Crippen LogP contribution < -0.4 is 10.6 Å². The molecule has 0 saturated heterocycles. The molecule has 0 saturated carbocycles. The van der Waals surface area contributed by atoms with Gasteiger partial charge in [0, 0.05) is 10.2 Å². The lowest BCUT2D eigenvalue weighted by molar-refractivity contribution is 0.628. The summed E-state index contributed by atoms with van der Waals surface area (Å²) in [6.45, 7) is 2.02. The molecular formula is C16H13BrFN5. The normalized spacial score (nSPS) is 10.4. The zero-order chi connectivity index (χ0) is 16.2. The van der Waals surface area contributed by atoms with E-state index in [1.807, 2.05) is 25.1 Å². The van der Waals surface area contributed by atoms with Gasteiger partial charge in [0.25, 0.3) is 0 Å². The molecule has 3 aromatic rings. The number of hydrogen-bond acceptors (Lipinski definition) is 5. The Morgan fingerprint density at radius 2 is 1.83 bits per heavy atom. The fourth-order valence-electron chi connectivity index (χ4n) is 1.94. The van der Waals surface area contributed by atoms with Gasteiger partial charge in [0.15, 0.2) is 5.82 Å². The highest BCUT2D eigenvalue weighted by Gasteiger charge is 2.05. The molecule has 3 rings (SSSR count). The third-order valence-corrected chi connectivity index (χ3v) is 3.70. The zero-order valence-corrected chi connectivity index (χ0v) is 13.8. The molecule has 0 radical (unpaired) electrons. The smallest absolute Gasteiger partial charge is 0.249 e. The van der Waals surface area contributed by atoms with E-state index in [4.69, 9.17) is 0 Å². The van der Waals surface area contributed by atoms with Crippen LogP contribution >= 0.6 is 15.9 Å². The monoisotopic (exact) mass is 373 g/mol. The Kier molecular flexibility index (Phi) is 4.47. The number of nitrogens with one attached hydrogen (secondary N) is 2. The fraction of sp³-hybridized carbons (Fsp3) is 0.0625. The summed E-state index contributed by atoms with van der Waals surface area (Å²) in [5.74, 6) is 0.577. The van der Waals surface area contributed by atoms with E-state index in [1.54, 1.807) is 12.1 Å². The van der Waals surface area contributed by atoms with Crippen molar-refractivity contribution >= 4 is 39.1 Å². The number of nitrogens with zero attached hydrogens (tertiary/aromatic N) is 3. The Morgan fingerprint density at radius 1 is 1.04 bits per heavy atom. The summed E-state index contributed by atoms with van der Waals surface area (Å²) in [5.41, 5.74) is 2.72. The minimum Gasteiger partial charge on any atom is -0.338 e. The average molecular weight is 374 g/mol. The Bertz CT molecular complexity index is 823. The molecule has 0 aliphatic heterocycles. The molecule has 0 bridgehead atoms. The third kappa shape index (κ3) is 4.01. The standard InChI is InChI=1S/C16H13BrFN5/c1-10-2-7-14(13(17)8-10)21-15-9-19-23-16(22-15)20-12-5-3-11(18)4-6-12/h2-9H,1H3,(H2,20,21,22,23). The van der Waals surface area contributed by atoms with Crippen molar-refractivity contribution in [3.05, 3.63) is 64.5 Å². The van der Waals surface area contributed by atoms with Crippen molar-refractivity contribution < 1.29 is 4.39 Å². The quantitative estimate of drug-likeness (QED) is 0.701. The van der Waals surface area contributed by atoms with Gasteiger partial charge in [-0.3, -0.25) is 0 Å². The number of benzene rings is 2. The van der Waals surface area contributed by atoms with Gasteiger partial charge in [0.05, 0.1) is 11.9 Å². The molecule has 23 heavy (non-hydrogen) atoms. The summed E-state index contributed by atoms with van der Waals surface area (Å²) in [6.07, 6.45) is 1.53. The van der Waals surface area contributed by atoms with E-state index in [0.29, 0.717) is 17.5 Å². The summed E-state index contributed by atoms with van der Waals surface area (Å²) < 4.78 is 13.8. The van der Waals surface area contributed by atoms with Crippen LogP contribution in [-0.4, -0.2) is 15.2 Å². The summed E-state index contributed by atoms with van der Waals surface area (Å²) >= 11 is 3.51. The van der Waals surface area contributed by atoms with Crippen LogP contribution in [0.1, 0.15) is 5.56 Å². The molecule has 2 N–H and O–H groups in total. The molecule has 0 aliphatic rings. The first-order valence-corrected chi connectivity index (χ1v) is 7.65. The van der Waals surface area contributed by atoms with E-state index >= 15 is 0 Å². The van der Waals surface area contributed by atoms with E-state index in [0.717, 1.165) is 15.7 Å². The van der Waals surface area contributed by atoms with Gasteiger partial charge >= 0.3 is 0 Å². The van der Waals surface area contributed by atoms with Crippen molar-refractivity contribution in [1.29, 1.82) is 0 Å². The molecule has 1 aromatic heterocycles. The van der Waals surface area contributed by atoms with Gasteiger partial charge in [-0.1, -0.05) is 6.07 Å². The van der Waals surface area contributed by atoms with E-state index in [-0.39, 0.29) is 5.82 Å². The van der Waals surface area contributed by atoms with Crippen LogP contribution in [0.5, 0.6) is 0 Å². The van der Waals surface area contributed by atoms with Crippen molar-refractivity contribution in [2.45, 2.75) is 6.92 Å². The Balaban J connectivity index is 1.78. The SMILES string of the molecule is Cc1ccc(Nc2cnnc(Nc3ccc(F)cc3)n2)c(Br)c1. The number of rotatable bonds is 4. The minimum atomic E-state index is -0.297. The molecule has 116 valence electrons. The Hall–Kier alpha value is -2.54. The molecule has 1 heterocycles.